The highest BCUT2D eigenvalue weighted by molar-refractivity contribution is 8.01. The van der Waals surface area contributed by atoms with Gasteiger partial charge in [-0.3, -0.25) is 0 Å². The molecular formula is C30H26OP+. The fraction of sp³-hybridized carbons (Fsp3) is 0.0667. The van der Waals surface area contributed by atoms with Crippen molar-refractivity contribution in [1.82, 2.24) is 0 Å². The smallest absolute Gasteiger partial charge is 0.144 e. The molecule has 0 aromatic heterocycles. The minimum absolute atomic E-state index is 0.435. The van der Waals surface area contributed by atoms with Crippen LogP contribution in [0, 0.1) is 0 Å². The van der Waals surface area contributed by atoms with Crippen LogP contribution in [0.4, 0.5) is 0 Å². The van der Waals surface area contributed by atoms with Gasteiger partial charge in [0, 0.05) is 0 Å². The van der Waals surface area contributed by atoms with Gasteiger partial charge < -0.3 is 4.74 Å². The Morgan fingerprint density at radius 1 is 0.406 bits per heavy atom. The Kier molecular flexibility index (Phi) is 6.12. The fourth-order valence-electron chi connectivity index (χ4n) is 4.29. The van der Waals surface area contributed by atoms with Crippen LogP contribution in [0.15, 0.2) is 146 Å². The number of rotatable bonds is 4. The minimum Gasteiger partial charge on any atom is -0.361 e. The molecule has 6 rings (SSSR count). The van der Waals surface area contributed by atoms with Crippen LogP contribution < -0.4 is 21.2 Å². The first kappa shape index (κ1) is 20.6. The topological polar surface area (TPSA) is 12.5 Å². The lowest BCUT2D eigenvalue weighted by Gasteiger charge is -2.27. The Hall–Kier alpha value is -3.25. The standard InChI is InChI=1S/C24H20P.C6H6O/c1-5-13-21(14-6-1)25(22-15-7-2-8-16-22,23-17-9-3-10-18-23)24-19-11-4-12-20-24;1-2-4-6-5(3-1)7-6/h1-20H;1-6H/q+1;. The molecule has 2 heteroatoms. The van der Waals surface area contributed by atoms with Gasteiger partial charge in [-0.25, -0.2) is 0 Å². The summed E-state index contributed by atoms with van der Waals surface area (Å²) in [6.45, 7) is 0. The van der Waals surface area contributed by atoms with Crippen molar-refractivity contribution in [3.8, 4) is 0 Å². The maximum absolute atomic E-state index is 5.10. The molecule has 0 radical (unpaired) electrons. The van der Waals surface area contributed by atoms with Gasteiger partial charge in [0.05, 0.1) is 0 Å². The van der Waals surface area contributed by atoms with Crippen molar-refractivity contribution >= 4 is 28.5 Å². The van der Waals surface area contributed by atoms with Gasteiger partial charge in [-0.1, -0.05) is 97.1 Å². The van der Waals surface area contributed by atoms with Crippen molar-refractivity contribution in [2.75, 3.05) is 0 Å². The number of ether oxygens (including phenoxy) is 1. The third-order valence-corrected chi connectivity index (χ3v) is 10.1. The van der Waals surface area contributed by atoms with Crippen molar-refractivity contribution < 1.29 is 4.74 Å². The van der Waals surface area contributed by atoms with Gasteiger partial charge in [-0.2, -0.15) is 0 Å². The minimum atomic E-state index is -1.91. The highest BCUT2D eigenvalue weighted by Crippen LogP contribution is 2.53. The molecule has 1 fully saturated rings. The van der Waals surface area contributed by atoms with E-state index in [2.05, 4.69) is 133 Å². The lowest BCUT2D eigenvalue weighted by molar-refractivity contribution is 0.414. The van der Waals surface area contributed by atoms with Crippen LogP contribution in [0.2, 0.25) is 0 Å². The molecule has 0 saturated carbocycles. The summed E-state index contributed by atoms with van der Waals surface area (Å²) >= 11 is 0. The Balaban J connectivity index is 0.000000259. The summed E-state index contributed by atoms with van der Waals surface area (Å²) in [6.07, 6.45) is 9.06. The van der Waals surface area contributed by atoms with E-state index in [1.807, 2.05) is 12.2 Å². The second-order valence-electron chi connectivity index (χ2n) is 7.85. The van der Waals surface area contributed by atoms with Crippen LogP contribution in [0.5, 0.6) is 0 Å². The zero-order valence-corrected chi connectivity index (χ0v) is 18.8. The molecule has 1 aliphatic carbocycles. The lowest BCUT2D eigenvalue weighted by Crippen LogP contribution is -2.38. The van der Waals surface area contributed by atoms with Gasteiger partial charge in [0.15, 0.2) is 0 Å². The third-order valence-electron chi connectivity index (χ3n) is 5.85. The largest absolute Gasteiger partial charge is 0.361 e. The quantitative estimate of drug-likeness (QED) is 0.319. The van der Waals surface area contributed by atoms with E-state index in [0.29, 0.717) is 12.2 Å². The van der Waals surface area contributed by atoms with Crippen LogP contribution in [-0.2, 0) is 4.74 Å². The highest BCUT2D eigenvalue weighted by Gasteiger charge is 2.47. The van der Waals surface area contributed by atoms with Crippen LogP contribution >= 0.6 is 7.26 Å². The van der Waals surface area contributed by atoms with E-state index in [4.69, 9.17) is 4.74 Å². The molecule has 0 amide bonds. The first-order valence-electron chi connectivity index (χ1n) is 11.0. The first-order chi connectivity index (χ1) is 15.9. The number of hydrogen-bond donors (Lipinski definition) is 0. The number of fused-ring (bicyclic) bond motifs is 1. The monoisotopic (exact) mass is 433 g/mol. The normalized spacial score (nSPS) is 18.2. The second kappa shape index (κ2) is 9.49. The molecule has 1 saturated heterocycles. The second-order valence-corrected chi connectivity index (χ2v) is 11.3. The number of epoxide rings is 1. The van der Waals surface area contributed by atoms with Gasteiger partial charge in [0.1, 0.15) is 40.7 Å². The molecule has 1 heterocycles. The first-order valence-corrected chi connectivity index (χ1v) is 12.8. The van der Waals surface area contributed by atoms with Gasteiger partial charge >= 0.3 is 0 Å². The van der Waals surface area contributed by atoms with Crippen LogP contribution in [0.1, 0.15) is 0 Å². The molecule has 4 aromatic rings. The molecular weight excluding hydrogens is 407 g/mol. The van der Waals surface area contributed by atoms with E-state index >= 15 is 0 Å². The van der Waals surface area contributed by atoms with E-state index in [1.165, 1.54) is 21.2 Å². The predicted octanol–water partition coefficient (Wildman–Crippen LogP) is 5.19. The Morgan fingerprint density at radius 2 is 0.688 bits per heavy atom. The van der Waals surface area contributed by atoms with Gasteiger partial charge in [0.25, 0.3) is 0 Å². The van der Waals surface area contributed by atoms with E-state index in [9.17, 15) is 0 Å². The molecule has 0 spiro atoms. The molecule has 2 aliphatic rings. The Labute approximate surface area is 191 Å². The van der Waals surface area contributed by atoms with E-state index < -0.39 is 7.26 Å². The zero-order chi connectivity index (χ0) is 21.6. The molecule has 1 nitrogen and oxygen atoms in total. The van der Waals surface area contributed by atoms with Gasteiger partial charge in [0.2, 0.25) is 0 Å². The maximum atomic E-state index is 5.10. The van der Waals surface area contributed by atoms with Crippen molar-refractivity contribution in [2.45, 2.75) is 12.2 Å². The SMILES string of the molecule is C1=CC2OC2C=C1.c1ccc([P+](c2ccccc2)(c2ccccc2)c2ccccc2)cc1. The molecule has 1 aliphatic heterocycles. The number of benzene rings is 4. The molecule has 156 valence electrons. The number of allylic oxidation sites excluding steroid dienone is 2. The average Bonchev–Trinajstić information content (AvgIpc) is 3.68. The van der Waals surface area contributed by atoms with E-state index in [0.717, 1.165) is 0 Å². The summed E-state index contributed by atoms with van der Waals surface area (Å²) in [5.74, 6) is 0. The Morgan fingerprint density at radius 3 is 0.938 bits per heavy atom. The van der Waals surface area contributed by atoms with Crippen molar-refractivity contribution in [1.29, 1.82) is 0 Å². The summed E-state index contributed by atoms with van der Waals surface area (Å²) in [5.41, 5.74) is 0. The molecule has 0 bridgehead atoms. The molecule has 2 atom stereocenters. The van der Waals surface area contributed by atoms with Gasteiger partial charge in [-0.15, -0.1) is 0 Å². The van der Waals surface area contributed by atoms with Crippen molar-refractivity contribution in [3.63, 3.8) is 0 Å². The zero-order valence-electron chi connectivity index (χ0n) is 17.9. The van der Waals surface area contributed by atoms with E-state index in [1.54, 1.807) is 0 Å². The molecule has 32 heavy (non-hydrogen) atoms. The average molecular weight is 434 g/mol. The summed E-state index contributed by atoms with van der Waals surface area (Å²) in [5, 5.41) is 5.55. The van der Waals surface area contributed by atoms with Crippen LogP contribution in [0.3, 0.4) is 0 Å². The van der Waals surface area contributed by atoms with Crippen molar-refractivity contribution in [3.05, 3.63) is 146 Å². The summed E-state index contributed by atoms with van der Waals surface area (Å²) in [6, 6.07) is 43.8. The molecule has 0 N–H and O–H groups in total. The van der Waals surface area contributed by atoms with Crippen molar-refractivity contribution in [2.24, 2.45) is 0 Å². The number of hydrogen-bond acceptors (Lipinski definition) is 1. The lowest BCUT2D eigenvalue weighted by atomic mass is 10.2. The van der Waals surface area contributed by atoms with Crippen LogP contribution in [0.25, 0.3) is 0 Å². The van der Waals surface area contributed by atoms with Gasteiger partial charge in [-0.05, 0) is 48.5 Å². The Bertz CT molecular complexity index is 1010. The van der Waals surface area contributed by atoms with Crippen LogP contribution in [-0.4, -0.2) is 12.2 Å². The molecule has 2 unspecified atom stereocenters. The maximum Gasteiger partial charge on any atom is 0.144 e. The highest BCUT2D eigenvalue weighted by atomic mass is 31.2. The third kappa shape index (κ3) is 4.10. The fourth-order valence-corrected chi connectivity index (χ4v) is 8.56. The summed E-state index contributed by atoms with van der Waals surface area (Å²) < 4.78 is 5.10. The summed E-state index contributed by atoms with van der Waals surface area (Å²) in [4.78, 5) is 0. The molecule has 4 aromatic carbocycles. The van der Waals surface area contributed by atoms with E-state index in [-0.39, 0.29) is 0 Å². The predicted molar refractivity (Wildman–Crippen MR) is 138 cm³/mol. The summed E-state index contributed by atoms with van der Waals surface area (Å²) in [7, 11) is -1.91.